The Balaban J connectivity index is 3.31. The zero-order chi connectivity index (χ0) is 21.7. The first-order chi connectivity index (χ1) is 12.7. The maximum Gasteiger partial charge on any atom is 0.420 e. The number of amides is 2. The Morgan fingerprint density at radius 1 is 0.893 bits per heavy atom. The third-order valence-corrected chi connectivity index (χ3v) is 3.51. The molecular formula is C21H31NO6. The lowest BCUT2D eigenvalue weighted by Gasteiger charge is -2.32. The van der Waals surface area contributed by atoms with E-state index in [0.717, 1.165) is 11.1 Å². The summed E-state index contributed by atoms with van der Waals surface area (Å²) in [6.45, 7) is 12.0. The summed E-state index contributed by atoms with van der Waals surface area (Å²) in [5.74, 6) is -0.739. The highest BCUT2D eigenvalue weighted by Crippen LogP contribution is 2.20. The SMILES string of the molecule is COC(=O)C(Cc1ccc(C)cc1)N(C(=O)OC(C)(C)C)C(=O)OC(C)(C)C. The fourth-order valence-corrected chi connectivity index (χ4v) is 2.31. The molecule has 1 unspecified atom stereocenters. The van der Waals surface area contributed by atoms with Gasteiger partial charge in [0.2, 0.25) is 0 Å². The Kier molecular flexibility index (Phi) is 7.61. The molecule has 0 radical (unpaired) electrons. The monoisotopic (exact) mass is 393 g/mol. The summed E-state index contributed by atoms with van der Waals surface area (Å²) < 4.78 is 15.5. The number of benzene rings is 1. The molecule has 0 aromatic heterocycles. The van der Waals surface area contributed by atoms with Crippen LogP contribution in [0.3, 0.4) is 0 Å². The summed E-state index contributed by atoms with van der Waals surface area (Å²) in [5, 5.41) is 0. The van der Waals surface area contributed by atoms with Gasteiger partial charge in [-0.3, -0.25) is 0 Å². The van der Waals surface area contributed by atoms with Crippen LogP contribution in [0.4, 0.5) is 9.59 Å². The van der Waals surface area contributed by atoms with Crippen molar-refractivity contribution < 1.29 is 28.6 Å². The van der Waals surface area contributed by atoms with Crippen LogP contribution >= 0.6 is 0 Å². The fourth-order valence-electron chi connectivity index (χ4n) is 2.31. The lowest BCUT2D eigenvalue weighted by Crippen LogP contribution is -2.53. The molecule has 0 N–H and O–H groups in total. The molecule has 2 amide bonds. The van der Waals surface area contributed by atoms with Crippen LogP contribution in [0.25, 0.3) is 0 Å². The summed E-state index contributed by atoms with van der Waals surface area (Å²) >= 11 is 0. The first-order valence-electron chi connectivity index (χ1n) is 9.12. The molecule has 1 aromatic carbocycles. The number of methoxy groups -OCH3 is 1. The van der Waals surface area contributed by atoms with E-state index in [1.165, 1.54) is 7.11 Å². The molecular weight excluding hydrogens is 362 g/mol. The van der Waals surface area contributed by atoms with Gasteiger partial charge in [0.15, 0.2) is 0 Å². The largest absolute Gasteiger partial charge is 0.467 e. The zero-order valence-corrected chi connectivity index (χ0v) is 18.0. The third-order valence-electron chi connectivity index (χ3n) is 3.51. The van der Waals surface area contributed by atoms with Crippen LogP contribution in [0.2, 0.25) is 0 Å². The molecule has 7 heteroatoms. The number of ether oxygens (including phenoxy) is 3. The molecule has 0 saturated heterocycles. The number of carbonyl (C=O) groups excluding carboxylic acids is 3. The van der Waals surface area contributed by atoms with E-state index >= 15 is 0 Å². The molecule has 28 heavy (non-hydrogen) atoms. The van der Waals surface area contributed by atoms with Crippen molar-refractivity contribution in [2.75, 3.05) is 7.11 Å². The summed E-state index contributed by atoms with van der Waals surface area (Å²) in [4.78, 5) is 38.8. The van der Waals surface area contributed by atoms with Crippen molar-refractivity contribution in [1.29, 1.82) is 0 Å². The third kappa shape index (κ3) is 7.58. The quantitative estimate of drug-likeness (QED) is 0.562. The normalized spacial score (nSPS) is 12.7. The Morgan fingerprint density at radius 3 is 1.68 bits per heavy atom. The highest BCUT2D eigenvalue weighted by Gasteiger charge is 2.40. The second kappa shape index (κ2) is 9.08. The average molecular weight is 393 g/mol. The van der Waals surface area contributed by atoms with Gasteiger partial charge in [-0.05, 0) is 54.0 Å². The predicted octanol–water partition coefficient (Wildman–Crippen LogP) is 4.25. The van der Waals surface area contributed by atoms with Gasteiger partial charge in [0.25, 0.3) is 0 Å². The van der Waals surface area contributed by atoms with Crippen molar-refractivity contribution in [3.63, 3.8) is 0 Å². The summed E-state index contributed by atoms with van der Waals surface area (Å²) in [7, 11) is 1.20. The second-order valence-electron chi connectivity index (χ2n) is 8.56. The minimum absolute atomic E-state index is 0.0748. The highest BCUT2D eigenvalue weighted by atomic mass is 16.6. The number of imide groups is 1. The Labute approximate surface area is 166 Å². The van der Waals surface area contributed by atoms with E-state index in [-0.39, 0.29) is 6.42 Å². The average Bonchev–Trinajstić information content (AvgIpc) is 2.52. The van der Waals surface area contributed by atoms with Gasteiger partial charge in [-0.15, -0.1) is 0 Å². The van der Waals surface area contributed by atoms with Gasteiger partial charge < -0.3 is 14.2 Å². The number of rotatable bonds is 4. The number of nitrogens with zero attached hydrogens (tertiary/aromatic N) is 1. The predicted molar refractivity (Wildman–Crippen MR) is 105 cm³/mol. The molecule has 1 aromatic rings. The lowest BCUT2D eigenvalue weighted by atomic mass is 10.0. The number of aryl methyl sites for hydroxylation is 1. The molecule has 0 aliphatic heterocycles. The van der Waals surface area contributed by atoms with Crippen LogP contribution < -0.4 is 0 Å². The molecule has 1 rings (SSSR count). The maximum atomic E-state index is 12.8. The van der Waals surface area contributed by atoms with Crippen LogP contribution in [0.5, 0.6) is 0 Å². The molecule has 0 aliphatic rings. The van der Waals surface area contributed by atoms with Gasteiger partial charge in [0, 0.05) is 6.42 Å². The van der Waals surface area contributed by atoms with Gasteiger partial charge in [0.1, 0.15) is 17.2 Å². The molecule has 0 aliphatic carbocycles. The van der Waals surface area contributed by atoms with E-state index in [1.54, 1.807) is 41.5 Å². The Bertz CT molecular complexity index is 669. The minimum Gasteiger partial charge on any atom is -0.467 e. The number of hydrogen-bond acceptors (Lipinski definition) is 6. The van der Waals surface area contributed by atoms with Crippen LogP contribution in [0.15, 0.2) is 24.3 Å². The highest BCUT2D eigenvalue weighted by molar-refractivity contribution is 5.94. The van der Waals surface area contributed by atoms with Crippen molar-refractivity contribution in [2.45, 2.75) is 72.1 Å². The van der Waals surface area contributed by atoms with E-state index in [4.69, 9.17) is 14.2 Å². The van der Waals surface area contributed by atoms with E-state index in [1.807, 2.05) is 31.2 Å². The molecule has 0 spiro atoms. The van der Waals surface area contributed by atoms with Gasteiger partial charge in [-0.1, -0.05) is 29.8 Å². The van der Waals surface area contributed by atoms with Crippen molar-refractivity contribution >= 4 is 18.2 Å². The summed E-state index contributed by atoms with van der Waals surface area (Å²) in [6.07, 6.45) is -1.86. The Morgan fingerprint density at radius 2 is 1.32 bits per heavy atom. The molecule has 0 heterocycles. The van der Waals surface area contributed by atoms with E-state index in [9.17, 15) is 14.4 Å². The van der Waals surface area contributed by atoms with Gasteiger partial charge in [0.05, 0.1) is 7.11 Å². The van der Waals surface area contributed by atoms with Gasteiger partial charge in [-0.25, -0.2) is 14.4 Å². The maximum absolute atomic E-state index is 12.8. The first-order valence-corrected chi connectivity index (χ1v) is 9.12. The summed E-state index contributed by atoms with van der Waals surface area (Å²) in [5.41, 5.74) is 0.0941. The Hall–Kier alpha value is -2.57. The molecule has 0 bridgehead atoms. The lowest BCUT2D eigenvalue weighted by molar-refractivity contribution is -0.146. The van der Waals surface area contributed by atoms with E-state index < -0.39 is 35.4 Å². The second-order valence-corrected chi connectivity index (χ2v) is 8.56. The topological polar surface area (TPSA) is 82.1 Å². The molecule has 1 atom stereocenters. The molecule has 0 fully saturated rings. The number of esters is 1. The van der Waals surface area contributed by atoms with Crippen molar-refractivity contribution in [3.05, 3.63) is 35.4 Å². The molecule has 7 nitrogen and oxygen atoms in total. The molecule has 0 saturated carbocycles. The smallest absolute Gasteiger partial charge is 0.420 e. The fraction of sp³-hybridized carbons (Fsp3) is 0.571. The van der Waals surface area contributed by atoms with Crippen LogP contribution in [-0.2, 0) is 25.4 Å². The van der Waals surface area contributed by atoms with Crippen molar-refractivity contribution in [2.24, 2.45) is 0 Å². The van der Waals surface area contributed by atoms with Crippen LogP contribution in [-0.4, -0.2) is 47.4 Å². The van der Waals surface area contributed by atoms with Crippen molar-refractivity contribution in [1.82, 2.24) is 4.90 Å². The molecule has 156 valence electrons. The van der Waals surface area contributed by atoms with Gasteiger partial charge >= 0.3 is 18.2 Å². The standard InChI is InChI=1S/C21H31NO6/c1-14-9-11-15(12-10-14)13-16(17(23)26-8)22(18(24)27-20(2,3)4)19(25)28-21(5,6)7/h9-12,16H,13H2,1-8H3. The number of hydrogen-bond donors (Lipinski definition) is 0. The van der Waals surface area contributed by atoms with Crippen LogP contribution in [0.1, 0.15) is 52.7 Å². The van der Waals surface area contributed by atoms with Crippen LogP contribution in [0, 0.1) is 6.92 Å². The summed E-state index contributed by atoms with van der Waals surface area (Å²) in [6, 6.07) is 6.20. The van der Waals surface area contributed by atoms with E-state index in [0.29, 0.717) is 4.90 Å². The number of carbonyl (C=O) groups is 3. The first kappa shape index (κ1) is 23.5. The zero-order valence-electron chi connectivity index (χ0n) is 18.0. The van der Waals surface area contributed by atoms with Gasteiger partial charge in [-0.2, -0.15) is 4.90 Å². The minimum atomic E-state index is -1.22. The van der Waals surface area contributed by atoms with E-state index in [2.05, 4.69) is 0 Å². The van der Waals surface area contributed by atoms with Crippen molar-refractivity contribution in [3.8, 4) is 0 Å².